The average Bonchev–Trinajstić information content (AvgIpc) is 3.71. The van der Waals surface area contributed by atoms with Gasteiger partial charge in [-0.25, -0.2) is 0 Å². The smallest absolute Gasteiger partial charge is 0.0547 e. The fourth-order valence-electron chi connectivity index (χ4n) is 10.4. The molecule has 0 unspecified atom stereocenters. The standard InChI is InChI=1S/C64H42N2/c1-3-15-43(16-4-1)55-23-11-13-25-62(55)65(51-34-29-47-31-36-56-53-22-10-9-19-45(53)30-37-57(56)60(47)41-51)50-32-27-46(28-33-50)54-38-35-52(42-59(54)44-17-5-2-6-18-44)66-63-26-14-12-24-58(63)61-39-48-20-7-8-21-49(48)40-64(61)66/h1-42H. The molecule has 0 atom stereocenters. The van der Waals surface area contributed by atoms with Crippen molar-refractivity contribution in [2.24, 2.45) is 0 Å². The first kappa shape index (κ1) is 37.8. The van der Waals surface area contributed by atoms with Gasteiger partial charge < -0.3 is 9.47 Å². The number of anilines is 3. The number of rotatable bonds is 7. The molecule has 0 spiro atoms. The molecule has 308 valence electrons. The molecule has 0 amide bonds. The van der Waals surface area contributed by atoms with Crippen LogP contribution in [0, 0.1) is 0 Å². The number of para-hydroxylation sites is 2. The van der Waals surface area contributed by atoms with E-state index in [-0.39, 0.29) is 0 Å². The SMILES string of the molecule is c1ccc(-c2cc(-n3c4ccccc4c4cc5ccccc5cc43)ccc2-c2ccc(N(c3ccc4ccc5c6ccccc6ccc5c4c3)c3ccccc3-c3ccccc3)cc2)cc1. The zero-order valence-electron chi connectivity index (χ0n) is 36.1. The molecule has 13 rings (SSSR count). The van der Waals surface area contributed by atoms with Crippen LogP contribution < -0.4 is 4.90 Å². The van der Waals surface area contributed by atoms with E-state index in [9.17, 15) is 0 Å². The summed E-state index contributed by atoms with van der Waals surface area (Å²) in [5.74, 6) is 0. The molecule has 0 saturated heterocycles. The van der Waals surface area contributed by atoms with Gasteiger partial charge in [-0.1, -0.05) is 194 Å². The summed E-state index contributed by atoms with van der Waals surface area (Å²) in [5.41, 5.74) is 13.9. The van der Waals surface area contributed by atoms with Gasteiger partial charge in [0.05, 0.1) is 16.7 Å². The summed E-state index contributed by atoms with van der Waals surface area (Å²) in [7, 11) is 0. The molecule has 0 fully saturated rings. The Bertz CT molecular complexity index is 3980. The molecule has 1 aromatic heterocycles. The summed E-state index contributed by atoms with van der Waals surface area (Å²) in [5, 5.41) is 12.5. The molecule has 0 saturated carbocycles. The highest BCUT2D eigenvalue weighted by Gasteiger charge is 2.20. The Morgan fingerprint density at radius 3 is 1.59 bits per heavy atom. The minimum Gasteiger partial charge on any atom is -0.310 e. The minimum atomic E-state index is 1.09. The second kappa shape index (κ2) is 15.5. The lowest BCUT2D eigenvalue weighted by Gasteiger charge is -2.28. The van der Waals surface area contributed by atoms with E-state index >= 15 is 0 Å². The summed E-state index contributed by atoms with van der Waals surface area (Å²) in [6.45, 7) is 0. The fourth-order valence-corrected chi connectivity index (χ4v) is 10.4. The molecule has 0 bridgehead atoms. The Hall–Kier alpha value is -8.72. The molecule has 0 aliphatic rings. The first-order valence-electron chi connectivity index (χ1n) is 22.7. The molecule has 12 aromatic carbocycles. The Balaban J connectivity index is 0.978. The molecule has 2 nitrogen and oxygen atoms in total. The second-order valence-corrected chi connectivity index (χ2v) is 17.3. The van der Waals surface area contributed by atoms with E-state index in [4.69, 9.17) is 0 Å². The monoisotopic (exact) mass is 838 g/mol. The van der Waals surface area contributed by atoms with Crippen LogP contribution in [-0.4, -0.2) is 4.57 Å². The van der Waals surface area contributed by atoms with E-state index in [0.29, 0.717) is 0 Å². The lowest BCUT2D eigenvalue weighted by molar-refractivity contribution is 1.18. The van der Waals surface area contributed by atoms with E-state index in [2.05, 4.69) is 264 Å². The third-order valence-electron chi connectivity index (χ3n) is 13.5. The molecular formula is C64H42N2. The van der Waals surface area contributed by atoms with Crippen molar-refractivity contribution >= 4 is 82.0 Å². The van der Waals surface area contributed by atoms with Crippen LogP contribution in [0.4, 0.5) is 17.1 Å². The van der Waals surface area contributed by atoms with Gasteiger partial charge in [0.2, 0.25) is 0 Å². The van der Waals surface area contributed by atoms with Crippen molar-refractivity contribution < 1.29 is 0 Å². The number of nitrogens with zero attached hydrogens (tertiary/aromatic N) is 2. The first-order chi connectivity index (χ1) is 32.7. The number of hydrogen-bond acceptors (Lipinski definition) is 1. The predicted octanol–water partition coefficient (Wildman–Crippen LogP) is 17.9. The van der Waals surface area contributed by atoms with Crippen molar-refractivity contribution in [1.82, 2.24) is 4.57 Å². The van der Waals surface area contributed by atoms with Gasteiger partial charge >= 0.3 is 0 Å². The van der Waals surface area contributed by atoms with E-state index in [0.717, 1.165) is 28.3 Å². The van der Waals surface area contributed by atoms with Gasteiger partial charge in [-0.2, -0.15) is 0 Å². The first-order valence-corrected chi connectivity index (χ1v) is 22.7. The molecule has 0 aliphatic carbocycles. The maximum Gasteiger partial charge on any atom is 0.0547 e. The van der Waals surface area contributed by atoms with Gasteiger partial charge in [0, 0.05) is 33.4 Å². The summed E-state index contributed by atoms with van der Waals surface area (Å²) >= 11 is 0. The molecule has 0 N–H and O–H groups in total. The van der Waals surface area contributed by atoms with Crippen LogP contribution in [0.15, 0.2) is 255 Å². The summed E-state index contributed by atoms with van der Waals surface area (Å²) in [4.78, 5) is 2.43. The maximum atomic E-state index is 2.44. The van der Waals surface area contributed by atoms with Gasteiger partial charge in [-0.05, 0) is 132 Å². The van der Waals surface area contributed by atoms with Gasteiger partial charge in [0.1, 0.15) is 0 Å². The Kier molecular flexibility index (Phi) is 8.89. The average molecular weight is 839 g/mol. The highest BCUT2D eigenvalue weighted by atomic mass is 15.1. The van der Waals surface area contributed by atoms with Crippen LogP contribution in [-0.2, 0) is 0 Å². The van der Waals surface area contributed by atoms with Crippen LogP contribution in [0.25, 0.3) is 104 Å². The second-order valence-electron chi connectivity index (χ2n) is 17.3. The van der Waals surface area contributed by atoms with Crippen LogP contribution >= 0.6 is 0 Å². The summed E-state index contributed by atoms with van der Waals surface area (Å²) in [6, 6.07) is 93.4. The zero-order valence-corrected chi connectivity index (χ0v) is 36.1. The zero-order chi connectivity index (χ0) is 43.6. The highest BCUT2D eigenvalue weighted by molar-refractivity contribution is 6.18. The summed E-state index contributed by atoms with van der Waals surface area (Å²) in [6.07, 6.45) is 0. The van der Waals surface area contributed by atoms with E-state index < -0.39 is 0 Å². The predicted molar refractivity (Wildman–Crippen MR) is 282 cm³/mol. The third-order valence-corrected chi connectivity index (χ3v) is 13.5. The van der Waals surface area contributed by atoms with Crippen molar-refractivity contribution in [2.45, 2.75) is 0 Å². The Labute approximate surface area is 383 Å². The highest BCUT2D eigenvalue weighted by Crippen LogP contribution is 2.45. The van der Waals surface area contributed by atoms with E-state index in [1.165, 1.54) is 92.7 Å². The topological polar surface area (TPSA) is 8.17 Å². The number of benzene rings is 12. The Morgan fingerprint density at radius 2 is 0.818 bits per heavy atom. The lowest BCUT2D eigenvalue weighted by atomic mass is 9.93. The maximum absolute atomic E-state index is 2.44. The van der Waals surface area contributed by atoms with Crippen molar-refractivity contribution in [3.8, 4) is 39.1 Å². The lowest BCUT2D eigenvalue weighted by Crippen LogP contribution is -2.11. The third kappa shape index (κ3) is 6.26. The van der Waals surface area contributed by atoms with Gasteiger partial charge in [-0.3, -0.25) is 0 Å². The number of hydrogen-bond donors (Lipinski definition) is 0. The van der Waals surface area contributed by atoms with E-state index in [1.807, 2.05) is 0 Å². The molecule has 13 aromatic rings. The van der Waals surface area contributed by atoms with Gasteiger partial charge in [0.15, 0.2) is 0 Å². The molecule has 66 heavy (non-hydrogen) atoms. The van der Waals surface area contributed by atoms with Gasteiger partial charge in [-0.15, -0.1) is 0 Å². The minimum absolute atomic E-state index is 1.09. The summed E-state index contributed by atoms with van der Waals surface area (Å²) < 4.78 is 2.44. The molecule has 0 radical (unpaired) electrons. The van der Waals surface area contributed by atoms with Crippen molar-refractivity contribution in [2.75, 3.05) is 4.90 Å². The van der Waals surface area contributed by atoms with Crippen LogP contribution in [0.1, 0.15) is 0 Å². The van der Waals surface area contributed by atoms with Crippen LogP contribution in [0.5, 0.6) is 0 Å². The normalized spacial score (nSPS) is 11.6. The van der Waals surface area contributed by atoms with Gasteiger partial charge in [0.25, 0.3) is 0 Å². The van der Waals surface area contributed by atoms with Crippen molar-refractivity contribution in [1.29, 1.82) is 0 Å². The molecule has 1 heterocycles. The Morgan fingerprint density at radius 1 is 0.258 bits per heavy atom. The molecular weight excluding hydrogens is 797 g/mol. The van der Waals surface area contributed by atoms with Crippen LogP contribution in [0.2, 0.25) is 0 Å². The number of fused-ring (bicyclic) bond motifs is 9. The molecule has 0 aliphatic heterocycles. The number of aromatic nitrogens is 1. The largest absolute Gasteiger partial charge is 0.310 e. The van der Waals surface area contributed by atoms with E-state index in [1.54, 1.807) is 0 Å². The van der Waals surface area contributed by atoms with Crippen molar-refractivity contribution in [3.63, 3.8) is 0 Å². The molecule has 2 heteroatoms. The fraction of sp³-hybridized carbons (Fsp3) is 0. The quantitative estimate of drug-likeness (QED) is 0.145. The van der Waals surface area contributed by atoms with Crippen molar-refractivity contribution in [3.05, 3.63) is 255 Å². The van der Waals surface area contributed by atoms with Crippen LogP contribution in [0.3, 0.4) is 0 Å².